The molecule has 3 rings (SSSR count). The van der Waals surface area contributed by atoms with Crippen molar-refractivity contribution in [3.63, 3.8) is 0 Å². The summed E-state index contributed by atoms with van der Waals surface area (Å²) in [4.78, 5) is 40.9. The fourth-order valence-corrected chi connectivity index (χ4v) is 3.09. The Morgan fingerprint density at radius 2 is 1.37 bits per heavy atom. The molecule has 1 fully saturated rings. The Hall–Kier alpha value is -3.15. The Labute approximate surface area is 158 Å². The highest BCUT2D eigenvalue weighted by Crippen LogP contribution is 2.18. The lowest BCUT2D eigenvalue weighted by atomic mass is 9.97. The summed E-state index contributed by atoms with van der Waals surface area (Å²) in [6.07, 6.45) is -0.357. The van der Waals surface area contributed by atoms with E-state index in [9.17, 15) is 14.4 Å². The Bertz CT molecular complexity index is 827. The number of hydrogen-bond donors (Lipinski definition) is 0. The van der Waals surface area contributed by atoms with Gasteiger partial charge in [0.1, 0.15) is 0 Å². The van der Waals surface area contributed by atoms with Crippen molar-refractivity contribution in [1.82, 2.24) is 9.80 Å². The molecule has 6 heteroatoms. The molecular formula is C21H22N2O4. The first kappa shape index (κ1) is 18.6. The van der Waals surface area contributed by atoms with E-state index >= 15 is 0 Å². The van der Waals surface area contributed by atoms with Gasteiger partial charge in [0.15, 0.2) is 5.78 Å². The molecule has 0 spiro atoms. The van der Waals surface area contributed by atoms with Crippen LogP contribution in [-0.2, 0) is 4.74 Å². The van der Waals surface area contributed by atoms with E-state index in [0.717, 1.165) is 0 Å². The molecule has 0 unspecified atom stereocenters. The van der Waals surface area contributed by atoms with E-state index in [0.29, 0.717) is 49.5 Å². The number of amides is 2. The van der Waals surface area contributed by atoms with E-state index in [1.54, 1.807) is 65.3 Å². The number of hydrogen-bond acceptors (Lipinski definition) is 4. The van der Waals surface area contributed by atoms with Crippen LogP contribution < -0.4 is 0 Å². The smallest absolute Gasteiger partial charge is 0.409 e. The van der Waals surface area contributed by atoms with Crippen molar-refractivity contribution in [3.8, 4) is 0 Å². The summed E-state index contributed by atoms with van der Waals surface area (Å²) in [7, 11) is 0. The van der Waals surface area contributed by atoms with E-state index in [-0.39, 0.29) is 17.8 Å². The maximum Gasteiger partial charge on any atom is 0.409 e. The molecule has 0 aliphatic carbocycles. The van der Waals surface area contributed by atoms with Gasteiger partial charge in [-0.25, -0.2) is 4.79 Å². The zero-order chi connectivity index (χ0) is 19.2. The predicted molar refractivity (Wildman–Crippen MR) is 101 cm³/mol. The predicted octanol–water partition coefficient (Wildman–Crippen LogP) is 2.83. The molecule has 0 saturated carbocycles. The highest BCUT2D eigenvalue weighted by atomic mass is 16.6. The third-order valence-electron chi connectivity index (χ3n) is 4.53. The Balaban J connectivity index is 1.75. The van der Waals surface area contributed by atoms with Crippen LogP contribution in [-0.4, -0.2) is 60.4 Å². The zero-order valence-corrected chi connectivity index (χ0v) is 15.3. The average Bonchev–Trinajstić information content (AvgIpc) is 2.73. The summed E-state index contributed by atoms with van der Waals surface area (Å²) < 4.78 is 5.00. The van der Waals surface area contributed by atoms with Crippen LogP contribution in [0, 0.1) is 0 Å². The second-order valence-electron chi connectivity index (χ2n) is 6.22. The minimum Gasteiger partial charge on any atom is -0.450 e. The normalized spacial score (nSPS) is 14.0. The highest BCUT2D eigenvalue weighted by molar-refractivity contribution is 6.15. The molecule has 2 aromatic carbocycles. The maximum atomic E-state index is 13.0. The number of ketones is 1. The fraction of sp³-hybridized carbons (Fsp3) is 0.286. The quantitative estimate of drug-likeness (QED) is 0.781. The summed E-state index contributed by atoms with van der Waals surface area (Å²) in [5.74, 6) is -0.372. The first-order valence-electron chi connectivity index (χ1n) is 9.01. The van der Waals surface area contributed by atoms with Gasteiger partial charge in [0, 0.05) is 37.3 Å². The van der Waals surface area contributed by atoms with E-state index < -0.39 is 0 Å². The molecule has 2 amide bonds. The topological polar surface area (TPSA) is 66.9 Å². The molecular weight excluding hydrogens is 344 g/mol. The zero-order valence-electron chi connectivity index (χ0n) is 15.3. The highest BCUT2D eigenvalue weighted by Gasteiger charge is 2.27. The molecule has 0 radical (unpaired) electrons. The van der Waals surface area contributed by atoms with Gasteiger partial charge in [-0.2, -0.15) is 0 Å². The van der Waals surface area contributed by atoms with Gasteiger partial charge in [0.2, 0.25) is 0 Å². The number of carbonyl (C=O) groups excluding carboxylic acids is 3. The second kappa shape index (κ2) is 8.49. The van der Waals surface area contributed by atoms with Crippen molar-refractivity contribution in [3.05, 3.63) is 71.3 Å². The van der Waals surface area contributed by atoms with Crippen LogP contribution >= 0.6 is 0 Å². The van der Waals surface area contributed by atoms with Crippen LogP contribution in [0.4, 0.5) is 4.79 Å². The lowest BCUT2D eigenvalue weighted by molar-refractivity contribution is 0.0569. The Kier molecular flexibility index (Phi) is 5.86. The van der Waals surface area contributed by atoms with Crippen molar-refractivity contribution in [1.29, 1.82) is 0 Å². The lowest BCUT2D eigenvalue weighted by Gasteiger charge is -2.34. The first-order chi connectivity index (χ1) is 13.1. The summed E-state index contributed by atoms with van der Waals surface area (Å²) in [6.45, 7) is 3.74. The number of piperazine rings is 1. The van der Waals surface area contributed by atoms with E-state index in [1.165, 1.54) is 0 Å². The van der Waals surface area contributed by atoms with Crippen molar-refractivity contribution in [2.75, 3.05) is 32.8 Å². The molecule has 2 aromatic rings. The van der Waals surface area contributed by atoms with Crippen LogP contribution in [0.2, 0.25) is 0 Å². The molecule has 1 aliphatic heterocycles. The standard InChI is InChI=1S/C21H22N2O4/c1-2-27-21(26)23-14-12-22(13-15-23)20(25)18-11-7-6-10-17(18)19(24)16-8-4-3-5-9-16/h3-11H,2,12-15H2,1H3. The maximum absolute atomic E-state index is 13.0. The molecule has 0 atom stereocenters. The Morgan fingerprint density at radius 3 is 2.00 bits per heavy atom. The van der Waals surface area contributed by atoms with Gasteiger partial charge in [-0.3, -0.25) is 9.59 Å². The molecule has 140 valence electrons. The van der Waals surface area contributed by atoms with Crippen LogP contribution in [0.3, 0.4) is 0 Å². The summed E-state index contributed by atoms with van der Waals surface area (Å²) >= 11 is 0. The minimum absolute atomic E-state index is 0.176. The SMILES string of the molecule is CCOC(=O)N1CCN(C(=O)c2ccccc2C(=O)c2ccccc2)CC1. The number of carbonyl (C=O) groups is 3. The van der Waals surface area contributed by atoms with Gasteiger partial charge in [-0.1, -0.05) is 48.5 Å². The van der Waals surface area contributed by atoms with Gasteiger partial charge >= 0.3 is 6.09 Å². The van der Waals surface area contributed by atoms with Gasteiger partial charge in [-0.05, 0) is 13.0 Å². The molecule has 1 saturated heterocycles. The first-order valence-corrected chi connectivity index (χ1v) is 9.01. The number of benzene rings is 2. The van der Waals surface area contributed by atoms with Crippen LogP contribution in [0.15, 0.2) is 54.6 Å². The molecule has 0 aromatic heterocycles. The van der Waals surface area contributed by atoms with E-state index in [2.05, 4.69) is 0 Å². The third kappa shape index (κ3) is 4.16. The van der Waals surface area contributed by atoms with Crippen molar-refractivity contribution in [2.24, 2.45) is 0 Å². The van der Waals surface area contributed by atoms with Gasteiger partial charge in [0.25, 0.3) is 5.91 Å². The molecule has 6 nitrogen and oxygen atoms in total. The van der Waals surface area contributed by atoms with Crippen molar-refractivity contribution >= 4 is 17.8 Å². The second-order valence-corrected chi connectivity index (χ2v) is 6.22. The van der Waals surface area contributed by atoms with Gasteiger partial charge in [-0.15, -0.1) is 0 Å². The van der Waals surface area contributed by atoms with Crippen molar-refractivity contribution in [2.45, 2.75) is 6.92 Å². The Morgan fingerprint density at radius 1 is 0.815 bits per heavy atom. The van der Waals surface area contributed by atoms with Gasteiger partial charge < -0.3 is 14.5 Å². The monoisotopic (exact) mass is 366 g/mol. The number of ether oxygens (including phenoxy) is 1. The molecule has 27 heavy (non-hydrogen) atoms. The molecule has 0 N–H and O–H groups in total. The summed E-state index contributed by atoms with van der Waals surface area (Å²) in [5.41, 5.74) is 1.32. The fourth-order valence-electron chi connectivity index (χ4n) is 3.09. The van der Waals surface area contributed by atoms with Crippen LogP contribution in [0.25, 0.3) is 0 Å². The van der Waals surface area contributed by atoms with Crippen molar-refractivity contribution < 1.29 is 19.1 Å². The largest absolute Gasteiger partial charge is 0.450 e. The van der Waals surface area contributed by atoms with E-state index in [1.807, 2.05) is 6.07 Å². The summed E-state index contributed by atoms with van der Waals surface area (Å²) in [5, 5.41) is 0. The summed E-state index contributed by atoms with van der Waals surface area (Å²) in [6, 6.07) is 15.8. The number of nitrogens with zero attached hydrogens (tertiary/aromatic N) is 2. The number of rotatable bonds is 4. The third-order valence-corrected chi connectivity index (χ3v) is 4.53. The van der Waals surface area contributed by atoms with Gasteiger partial charge in [0.05, 0.1) is 12.2 Å². The van der Waals surface area contributed by atoms with Crippen LogP contribution in [0.1, 0.15) is 33.2 Å². The molecule has 1 aliphatic rings. The molecule has 0 bridgehead atoms. The lowest BCUT2D eigenvalue weighted by Crippen LogP contribution is -2.50. The van der Waals surface area contributed by atoms with Crippen LogP contribution in [0.5, 0.6) is 0 Å². The molecule has 1 heterocycles. The minimum atomic E-state index is -0.357. The van der Waals surface area contributed by atoms with E-state index in [4.69, 9.17) is 4.74 Å². The average molecular weight is 366 g/mol.